The van der Waals surface area contributed by atoms with E-state index >= 15 is 0 Å². The second kappa shape index (κ2) is 7.26. The first-order chi connectivity index (χ1) is 10.5. The van der Waals surface area contributed by atoms with E-state index in [1.165, 1.54) is 7.05 Å². The van der Waals surface area contributed by atoms with Gasteiger partial charge in [-0.1, -0.05) is 0 Å². The van der Waals surface area contributed by atoms with E-state index in [4.69, 9.17) is 9.84 Å². The molecule has 1 aromatic carbocycles. The SMILES string of the molecule is CN(CCC(=O)O)C(=O)Nc1cc(F)c(OC(C)(C)C)c(F)c1. The maximum atomic E-state index is 13.9. The van der Waals surface area contributed by atoms with Crippen molar-refractivity contribution in [1.82, 2.24) is 4.90 Å². The van der Waals surface area contributed by atoms with Crippen LogP contribution in [0.3, 0.4) is 0 Å². The molecular formula is C15H20F2N2O4. The lowest BCUT2D eigenvalue weighted by Gasteiger charge is -2.22. The zero-order chi connectivity index (χ0) is 17.8. The fraction of sp³-hybridized carbons (Fsp3) is 0.467. The van der Waals surface area contributed by atoms with Gasteiger partial charge in [0.05, 0.1) is 6.42 Å². The molecule has 2 N–H and O–H groups in total. The molecule has 128 valence electrons. The standard InChI is InChI=1S/C15H20F2N2O4/c1-15(2,3)23-13-10(16)7-9(8-11(13)17)18-14(22)19(4)6-5-12(20)21/h7-8H,5-6H2,1-4H3,(H,18,22)(H,20,21). The van der Waals surface area contributed by atoms with Crippen LogP contribution < -0.4 is 10.1 Å². The summed E-state index contributed by atoms with van der Waals surface area (Å²) < 4.78 is 33.1. The van der Waals surface area contributed by atoms with Crippen molar-refractivity contribution < 1.29 is 28.2 Å². The highest BCUT2D eigenvalue weighted by Gasteiger charge is 2.20. The third-order valence-corrected chi connectivity index (χ3v) is 2.67. The van der Waals surface area contributed by atoms with Crippen LogP contribution in [0.5, 0.6) is 5.75 Å². The minimum atomic E-state index is -1.05. The molecule has 0 aliphatic rings. The van der Waals surface area contributed by atoms with Gasteiger partial charge in [0.1, 0.15) is 5.60 Å². The highest BCUT2D eigenvalue weighted by atomic mass is 19.1. The van der Waals surface area contributed by atoms with E-state index in [-0.39, 0.29) is 18.7 Å². The Morgan fingerprint density at radius 2 is 1.78 bits per heavy atom. The number of carbonyl (C=O) groups excluding carboxylic acids is 1. The smallest absolute Gasteiger partial charge is 0.321 e. The fourth-order valence-electron chi connectivity index (χ4n) is 1.62. The summed E-state index contributed by atoms with van der Waals surface area (Å²) in [5, 5.41) is 10.9. The van der Waals surface area contributed by atoms with E-state index in [1.54, 1.807) is 20.8 Å². The first kappa shape index (κ1) is 18.7. The minimum absolute atomic E-state index is 0.0304. The van der Waals surface area contributed by atoms with Crippen LogP contribution in [0, 0.1) is 11.6 Å². The quantitative estimate of drug-likeness (QED) is 0.869. The van der Waals surface area contributed by atoms with E-state index in [9.17, 15) is 18.4 Å². The lowest BCUT2D eigenvalue weighted by Crippen LogP contribution is -2.33. The Morgan fingerprint density at radius 3 is 2.22 bits per heavy atom. The van der Waals surface area contributed by atoms with Crippen molar-refractivity contribution in [3.63, 3.8) is 0 Å². The predicted octanol–water partition coefficient (Wildman–Crippen LogP) is 3.08. The monoisotopic (exact) mass is 330 g/mol. The molecule has 0 aliphatic carbocycles. The number of aliphatic carboxylic acids is 1. The maximum Gasteiger partial charge on any atom is 0.321 e. The number of benzene rings is 1. The van der Waals surface area contributed by atoms with Crippen molar-refractivity contribution in [2.75, 3.05) is 18.9 Å². The summed E-state index contributed by atoms with van der Waals surface area (Å²) in [5.74, 6) is -3.45. The molecule has 23 heavy (non-hydrogen) atoms. The van der Waals surface area contributed by atoms with Gasteiger partial charge >= 0.3 is 12.0 Å². The molecule has 1 aromatic rings. The van der Waals surface area contributed by atoms with Crippen molar-refractivity contribution in [2.24, 2.45) is 0 Å². The number of carboxylic acids is 1. The van der Waals surface area contributed by atoms with Crippen molar-refractivity contribution in [1.29, 1.82) is 0 Å². The Morgan fingerprint density at radius 1 is 1.26 bits per heavy atom. The summed E-state index contributed by atoms with van der Waals surface area (Å²) in [6, 6.07) is 1.20. The van der Waals surface area contributed by atoms with Crippen LogP contribution in [0.4, 0.5) is 19.3 Å². The summed E-state index contributed by atoms with van der Waals surface area (Å²) in [7, 11) is 1.38. The first-order valence-electron chi connectivity index (χ1n) is 6.91. The molecule has 0 saturated heterocycles. The average Bonchev–Trinajstić information content (AvgIpc) is 2.39. The number of urea groups is 1. The van der Waals surface area contributed by atoms with Crippen molar-refractivity contribution in [3.8, 4) is 5.75 Å². The largest absolute Gasteiger partial charge is 0.482 e. The second-order valence-electron chi connectivity index (χ2n) is 5.98. The van der Waals surface area contributed by atoms with Crippen LogP contribution in [0.15, 0.2) is 12.1 Å². The summed E-state index contributed by atoms with van der Waals surface area (Å²) >= 11 is 0. The minimum Gasteiger partial charge on any atom is -0.482 e. The van der Waals surface area contributed by atoms with Gasteiger partial charge in [-0.2, -0.15) is 0 Å². The van der Waals surface area contributed by atoms with Gasteiger partial charge in [-0.05, 0) is 20.8 Å². The van der Waals surface area contributed by atoms with E-state index in [0.717, 1.165) is 17.0 Å². The Bertz CT molecular complexity index is 577. The Balaban J connectivity index is 2.83. The second-order valence-corrected chi connectivity index (χ2v) is 5.98. The highest BCUT2D eigenvalue weighted by Crippen LogP contribution is 2.28. The zero-order valence-corrected chi connectivity index (χ0v) is 13.4. The molecule has 0 fully saturated rings. The lowest BCUT2D eigenvalue weighted by atomic mass is 10.2. The molecule has 1 rings (SSSR count). The Labute approximate surface area is 133 Å². The van der Waals surface area contributed by atoms with Crippen LogP contribution in [0.25, 0.3) is 0 Å². The number of nitrogens with one attached hydrogen (secondary N) is 1. The van der Waals surface area contributed by atoms with Crippen LogP contribution in [-0.4, -0.2) is 41.2 Å². The Kier molecular flexibility index (Phi) is 5.89. The lowest BCUT2D eigenvalue weighted by molar-refractivity contribution is -0.137. The van der Waals surface area contributed by atoms with Crippen LogP contribution in [-0.2, 0) is 4.79 Å². The van der Waals surface area contributed by atoms with Gasteiger partial charge in [0.15, 0.2) is 17.4 Å². The van der Waals surface area contributed by atoms with Crippen LogP contribution >= 0.6 is 0 Å². The molecule has 2 amide bonds. The topological polar surface area (TPSA) is 78.9 Å². The molecule has 0 heterocycles. The number of hydrogen-bond acceptors (Lipinski definition) is 3. The molecule has 0 bridgehead atoms. The molecule has 0 aromatic heterocycles. The summed E-state index contributed by atoms with van der Waals surface area (Å²) in [6.45, 7) is 4.92. The summed E-state index contributed by atoms with van der Waals surface area (Å²) in [4.78, 5) is 23.4. The van der Waals surface area contributed by atoms with Crippen molar-refractivity contribution >= 4 is 17.7 Å². The molecule has 0 unspecified atom stereocenters. The molecule has 0 spiro atoms. The summed E-state index contributed by atoms with van der Waals surface area (Å²) in [6.07, 6.45) is -0.231. The Hall–Kier alpha value is -2.38. The fourth-order valence-corrected chi connectivity index (χ4v) is 1.62. The molecular weight excluding hydrogens is 310 g/mol. The normalized spacial score (nSPS) is 11.0. The summed E-state index contributed by atoms with van der Waals surface area (Å²) in [5.41, 5.74) is -0.864. The highest BCUT2D eigenvalue weighted by molar-refractivity contribution is 5.89. The molecule has 0 atom stereocenters. The number of halogens is 2. The number of carboxylic acid groups (broad SMARTS) is 1. The third-order valence-electron chi connectivity index (χ3n) is 2.67. The molecule has 8 heteroatoms. The van der Waals surface area contributed by atoms with Crippen molar-refractivity contribution in [3.05, 3.63) is 23.8 Å². The molecule has 6 nitrogen and oxygen atoms in total. The van der Waals surface area contributed by atoms with E-state index in [2.05, 4.69) is 5.32 Å². The van der Waals surface area contributed by atoms with Gasteiger partial charge in [0.25, 0.3) is 0 Å². The van der Waals surface area contributed by atoms with Gasteiger partial charge < -0.3 is 20.1 Å². The zero-order valence-electron chi connectivity index (χ0n) is 13.4. The van der Waals surface area contributed by atoms with Crippen LogP contribution in [0.2, 0.25) is 0 Å². The van der Waals surface area contributed by atoms with Gasteiger partial charge in [-0.25, -0.2) is 13.6 Å². The molecule has 0 aliphatic heterocycles. The maximum absolute atomic E-state index is 13.9. The van der Waals surface area contributed by atoms with Gasteiger partial charge in [-0.3, -0.25) is 4.79 Å². The number of hydrogen-bond donors (Lipinski definition) is 2. The first-order valence-corrected chi connectivity index (χ1v) is 6.91. The average molecular weight is 330 g/mol. The van der Waals surface area contributed by atoms with Gasteiger partial charge in [0.2, 0.25) is 0 Å². The molecule has 0 radical (unpaired) electrons. The molecule has 0 saturated carbocycles. The van der Waals surface area contributed by atoms with Crippen LogP contribution in [0.1, 0.15) is 27.2 Å². The van der Waals surface area contributed by atoms with Gasteiger partial charge in [-0.15, -0.1) is 0 Å². The van der Waals surface area contributed by atoms with E-state index in [1.807, 2.05) is 0 Å². The van der Waals surface area contributed by atoms with E-state index in [0.29, 0.717) is 0 Å². The van der Waals surface area contributed by atoms with E-state index < -0.39 is 35.0 Å². The number of carbonyl (C=O) groups is 2. The van der Waals surface area contributed by atoms with Gasteiger partial charge in [0, 0.05) is 31.4 Å². The third kappa shape index (κ3) is 6.09. The van der Waals surface area contributed by atoms with Crippen molar-refractivity contribution in [2.45, 2.75) is 32.8 Å². The number of amides is 2. The number of rotatable bonds is 5. The number of ether oxygens (including phenoxy) is 1. The number of nitrogens with zero attached hydrogens (tertiary/aromatic N) is 1. The predicted molar refractivity (Wildman–Crippen MR) is 80.6 cm³/mol. The number of anilines is 1.